The van der Waals surface area contributed by atoms with Crippen LogP contribution in [0.2, 0.25) is 0 Å². The Hall–Kier alpha value is -1.61. The molecule has 3 nitrogen and oxygen atoms in total. The molecule has 0 atom stereocenters. The number of nitrogens with zero attached hydrogens (tertiary/aromatic N) is 1. The van der Waals surface area contributed by atoms with Crippen molar-refractivity contribution in [2.45, 2.75) is 13.0 Å². The summed E-state index contributed by atoms with van der Waals surface area (Å²) in [6.07, 6.45) is 2.71. The van der Waals surface area contributed by atoms with E-state index in [1.165, 1.54) is 5.56 Å². The quantitative estimate of drug-likeness (QED) is 0.828. The first-order valence-corrected chi connectivity index (χ1v) is 5.51. The third kappa shape index (κ3) is 2.70. The fourth-order valence-corrected chi connectivity index (χ4v) is 1.92. The highest BCUT2D eigenvalue weighted by atomic mass is 16.1. The first-order valence-electron chi connectivity index (χ1n) is 5.51. The second-order valence-electron chi connectivity index (χ2n) is 4.06. The van der Waals surface area contributed by atoms with Gasteiger partial charge < -0.3 is 5.73 Å². The highest BCUT2D eigenvalue weighted by molar-refractivity contribution is 5.92. The first-order chi connectivity index (χ1) is 7.75. The molecule has 1 aromatic rings. The minimum atomic E-state index is -0.278. The van der Waals surface area contributed by atoms with Gasteiger partial charge in [0.2, 0.25) is 5.91 Å². The van der Waals surface area contributed by atoms with E-state index in [1.807, 2.05) is 24.3 Å². The zero-order valence-corrected chi connectivity index (χ0v) is 9.23. The molecule has 1 aliphatic heterocycles. The summed E-state index contributed by atoms with van der Waals surface area (Å²) < 4.78 is 0. The second kappa shape index (κ2) is 4.94. The van der Waals surface area contributed by atoms with E-state index in [0.29, 0.717) is 0 Å². The molecule has 0 saturated carbocycles. The van der Waals surface area contributed by atoms with Crippen LogP contribution in [0.15, 0.2) is 42.0 Å². The van der Waals surface area contributed by atoms with E-state index in [-0.39, 0.29) is 5.91 Å². The largest absolute Gasteiger partial charge is 0.366 e. The van der Waals surface area contributed by atoms with Gasteiger partial charge in [0.15, 0.2) is 0 Å². The number of rotatable bonds is 3. The van der Waals surface area contributed by atoms with Crippen molar-refractivity contribution < 1.29 is 4.79 Å². The number of carbonyl (C=O) groups excluding carboxylic acids is 1. The smallest absolute Gasteiger partial charge is 0.244 e. The van der Waals surface area contributed by atoms with Gasteiger partial charge >= 0.3 is 0 Å². The van der Waals surface area contributed by atoms with E-state index in [1.54, 1.807) is 0 Å². The lowest BCUT2D eigenvalue weighted by molar-refractivity contribution is -0.114. The molecule has 0 radical (unpaired) electrons. The highest BCUT2D eigenvalue weighted by Gasteiger charge is 2.14. The van der Waals surface area contributed by atoms with Gasteiger partial charge in [-0.2, -0.15) is 0 Å². The monoisotopic (exact) mass is 216 g/mol. The Kier molecular flexibility index (Phi) is 3.37. The Labute approximate surface area is 95.6 Å². The zero-order valence-electron chi connectivity index (χ0n) is 9.23. The summed E-state index contributed by atoms with van der Waals surface area (Å²) in [5.74, 6) is -0.278. The first kappa shape index (κ1) is 10.9. The molecule has 0 bridgehead atoms. The van der Waals surface area contributed by atoms with Crippen molar-refractivity contribution in [3.63, 3.8) is 0 Å². The van der Waals surface area contributed by atoms with Gasteiger partial charge in [0.05, 0.1) is 0 Å². The lowest BCUT2D eigenvalue weighted by atomic mass is 10.1. The van der Waals surface area contributed by atoms with Crippen LogP contribution >= 0.6 is 0 Å². The maximum atomic E-state index is 11.0. The molecule has 1 heterocycles. The van der Waals surface area contributed by atoms with Crippen LogP contribution in [0.4, 0.5) is 0 Å². The van der Waals surface area contributed by atoms with E-state index in [4.69, 9.17) is 5.73 Å². The molecule has 2 N–H and O–H groups in total. The van der Waals surface area contributed by atoms with Gasteiger partial charge in [-0.05, 0) is 12.0 Å². The molecule has 1 amide bonds. The Morgan fingerprint density at radius 2 is 2.06 bits per heavy atom. The van der Waals surface area contributed by atoms with Gasteiger partial charge in [0.1, 0.15) is 0 Å². The molecule has 3 heteroatoms. The van der Waals surface area contributed by atoms with Crippen LogP contribution in [-0.2, 0) is 11.3 Å². The zero-order chi connectivity index (χ0) is 11.4. The number of nitrogens with two attached hydrogens (primary N) is 1. The summed E-state index contributed by atoms with van der Waals surface area (Å²) in [4.78, 5) is 13.3. The van der Waals surface area contributed by atoms with Crippen LogP contribution in [0, 0.1) is 0 Å². The van der Waals surface area contributed by atoms with Crippen molar-refractivity contribution in [2.24, 2.45) is 5.73 Å². The Balaban J connectivity index is 1.93. The summed E-state index contributed by atoms with van der Waals surface area (Å²) >= 11 is 0. The molecule has 1 aromatic carbocycles. The fourth-order valence-electron chi connectivity index (χ4n) is 1.92. The summed E-state index contributed by atoms with van der Waals surface area (Å²) in [5, 5.41) is 0. The fraction of sp³-hybridized carbons (Fsp3) is 0.308. The maximum Gasteiger partial charge on any atom is 0.244 e. The van der Waals surface area contributed by atoms with Crippen molar-refractivity contribution in [1.29, 1.82) is 0 Å². The van der Waals surface area contributed by atoms with Crippen molar-refractivity contribution in [2.75, 3.05) is 13.1 Å². The predicted octanol–water partition coefficient (Wildman–Crippen LogP) is 1.30. The molecule has 0 aromatic heterocycles. The molecule has 0 aliphatic carbocycles. The van der Waals surface area contributed by atoms with Crippen molar-refractivity contribution in [3.05, 3.63) is 47.5 Å². The van der Waals surface area contributed by atoms with Crippen molar-refractivity contribution in [1.82, 2.24) is 4.90 Å². The second-order valence-corrected chi connectivity index (χ2v) is 4.06. The number of carbonyl (C=O) groups is 1. The highest BCUT2D eigenvalue weighted by Crippen LogP contribution is 2.13. The third-order valence-corrected chi connectivity index (χ3v) is 2.86. The molecule has 0 spiro atoms. The van der Waals surface area contributed by atoms with Crippen LogP contribution in [0.3, 0.4) is 0 Å². The third-order valence-electron chi connectivity index (χ3n) is 2.86. The molecular weight excluding hydrogens is 200 g/mol. The molecule has 2 rings (SSSR count). The Bertz CT molecular complexity index is 398. The van der Waals surface area contributed by atoms with E-state index >= 15 is 0 Å². The van der Waals surface area contributed by atoms with Crippen molar-refractivity contribution >= 4 is 5.91 Å². The van der Waals surface area contributed by atoms with Gasteiger partial charge in [-0.1, -0.05) is 36.4 Å². The van der Waals surface area contributed by atoms with Crippen LogP contribution < -0.4 is 5.73 Å². The molecule has 0 saturated heterocycles. The van der Waals surface area contributed by atoms with Crippen LogP contribution in [0.25, 0.3) is 0 Å². The number of amides is 1. The SMILES string of the molecule is NC(=O)C1=CCN(Cc2ccccc2)CC1. The average molecular weight is 216 g/mol. The Morgan fingerprint density at radius 1 is 1.31 bits per heavy atom. The molecule has 0 fully saturated rings. The molecule has 0 unspecified atom stereocenters. The minimum Gasteiger partial charge on any atom is -0.366 e. The van der Waals surface area contributed by atoms with Crippen LogP contribution in [0.5, 0.6) is 0 Å². The van der Waals surface area contributed by atoms with Gasteiger partial charge in [-0.25, -0.2) is 0 Å². The molecule has 1 aliphatic rings. The minimum absolute atomic E-state index is 0.278. The lowest BCUT2D eigenvalue weighted by Gasteiger charge is -2.25. The predicted molar refractivity (Wildman–Crippen MR) is 63.6 cm³/mol. The molecule has 84 valence electrons. The normalized spacial score (nSPS) is 16.9. The lowest BCUT2D eigenvalue weighted by Crippen LogP contribution is -2.31. The van der Waals surface area contributed by atoms with Gasteiger partial charge in [-0.15, -0.1) is 0 Å². The van der Waals surface area contributed by atoms with Crippen LogP contribution in [-0.4, -0.2) is 23.9 Å². The van der Waals surface area contributed by atoms with E-state index in [2.05, 4.69) is 17.0 Å². The summed E-state index contributed by atoms with van der Waals surface area (Å²) in [6, 6.07) is 10.3. The van der Waals surface area contributed by atoms with E-state index in [9.17, 15) is 4.79 Å². The summed E-state index contributed by atoms with van der Waals surface area (Å²) in [5.41, 5.74) is 7.31. The number of benzene rings is 1. The van der Waals surface area contributed by atoms with Gasteiger partial charge in [0, 0.05) is 25.2 Å². The average Bonchev–Trinajstić information content (AvgIpc) is 2.31. The van der Waals surface area contributed by atoms with Crippen molar-refractivity contribution in [3.8, 4) is 0 Å². The molecular formula is C13H16N2O. The number of hydrogen-bond acceptors (Lipinski definition) is 2. The number of hydrogen-bond donors (Lipinski definition) is 1. The maximum absolute atomic E-state index is 11.0. The van der Waals surface area contributed by atoms with Gasteiger partial charge in [-0.3, -0.25) is 9.69 Å². The Morgan fingerprint density at radius 3 is 2.62 bits per heavy atom. The summed E-state index contributed by atoms with van der Waals surface area (Å²) in [7, 11) is 0. The topological polar surface area (TPSA) is 46.3 Å². The molecule has 16 heavy (non-hydrogen) atoms. The summed E-state index contributed by atoms with van der Waals surface area (Å²) in [6.45, 7) is 2.65. The van der Waals surface area contributed by atoms with E-state index in [0.717, 1.165) is 31.6 Å². The number of primary amides is 1. The van der Waals surface area contributed by atoms with E-state index < -0.39 is 0 Å². The standard InChI is InChI=1S/C13H16N2O/c14-13(16)12-6-8-15(9-7-12)10-11-4-2-1-3-5-11/h1-6H,7-10H2,(H2,14,16). The van der Waals surface area contributed by atoms with Crippen LogP contribution in [0.1, 0.15) is 12.0 Å². The van der Waals surface area contributed by atoms with Gasteiger partial charge in [0.25, 0.3) is 0 Å².